The Balaban J connectivity index is 1.10. The lowest BCUT2D eigenvalue weighted by Crippen LogP contribution is -2.47. The summed E-state index contributed by atoms with van der Waals surface area (Å²) in [5.74, 6) is 0. The first-order chi connectivity index (χ1) is 30.9. The Bertz CT molecular complexity index is 3170. The van der Waals surface area contributed by atoms with Gasteiger partial charge in [-0.1, -0.05) is 180 Å². The van der Waals surface area contributed by atoms with Gasteiger partial charge in [0.15, 0.2) is 7.28 Å². The molecule has 64 heavy (non-hydrogen) atoms. The number of para-hydroxylation sites is 2. The molecule has 2 aliphatic carbocycles. The van der Waals surface area contributed by atoms with Gasteiger partial charge in [-0.05, 0) is 139 Å². The Labute approximate surface area is 380 Å². The fourth-order valence-corrected chi connectivity index (χ4v) is 12.3. The van der Waals surface area contributed by atoms with E-state index in [9.17, 15) is 0 Å². The molecule has 0 saturated carbocycles. The second-order valence-electron chi connectivity index (χ2n) is 20.7. The van der Waals surface area contributed by atoms with Crippen LogP contribution in [-0.2, 0) is 21.7 Å². The van der Waals surface area contributed by atoms with Gasteiger partial charge in [-0.15, -0.1) is 0 Å². The number of rotatable bonds is 5. The average molecular weight is 826 g/mol. The molecule has 1 radical (unpaired) electrons. The maximum absolute atomic E-state index is 4.11. The lowest BCUT2D eigenvalue weighted by Gasteiger charge is -2.49. The summed E-state index contributed by atoms with van der Waals surface area (Å²) in [7, 11) is 2.48. The third-order valence-corrected chi connectivity index (χ3v) is 15.6. The van der Waals surface area contributed by atoms with Crippen LogP contribution >= 0.6 is 0 Å². The summed E-state index contributed by atoms with van der Waals surface area (Å²) in [6.07, 6.45) is 2.38. The Morgan fingerprint density at radius 1 is 0.469 bits per heavy atom. The zero-order valence-electron chi connectivity index (χ0n) is 38.1. The number of aryl methyl sites for hydroxylation is 1. The molecule has 311 valence electrons. The molecule has 0 aromatic heterocycles. The van der Waals surface area contributed by atoms with Crippen molar-refractivity contribution in [3.63, 3.8) is 0 Å². The van der Waals surface area contributed by atoms with Crippen LogP contribution in [0.1, 0.15) is 104 Å². The molecule has 0 amide bonds. The molecule has 0 atom stereocenters. The highest BCUT2D eigenvalue weighted by molar-refractivity contribution is 6.73. The zero-order chi connectivity index (χ0) is 43.8. The normalized spacial score (nSPS) is 17.1. The number of benzene rings is 8. The van der Waals surface area contributed by atoms with Crippen LogP contribution in [0, 0.1) is 6.92 Å². The van der Waals surface area contributed by atoms with Crippen LogP contribution in [-0.4, -0.2) is 7.28 Å². The fourth-order valence-electron chi connectivity index (χ4n) is 12.3. The van der Waals surface area contributed by atoms with Gasteiger partial charge in [0, 0.05) is 33.7 Å². The van der Waals surface area contributed by atoms with E-state index in [1.165, 1.54) is 113 Å². The van der Waals surface area contributed by atoms with Crippen molar-refractivity contribution in [1.82, 2.24) is 0 Å². The minimum Gasteiger partial charge on any atom is -0.355 e. The standard InChI is InChI=1S/C61H54BN2/c1-38-33-45(44-36-43-42-23-14-15-24-46(42)60(6,7)50(43)37-53(44)63-41-29-30-47-51(35-41)59(4,5)32-31-58(47,2)3)56-55(34-38)64-54-28-17-16-25-48(54)61(39-19-10-8-11-20-39,40-21-12-9-13-22-40)49-26-18-27-52(62-56)57(49)64/h8-30,33-37,63H,31-32H2,1-7H3. The van der Waals surface area contributed by atoms with Gasteiger partial charge in [0.05, 0.1) is 11.1 Å². The van der Waals surface area contributed by atoms with Gasteiger partial charge in [0.1, 0.15) is 0 Å². The first-order valence-electron chi connectivity index (χ1n) is 23.2. The maximum atomic E-state index is 4.11. The number of hydrogen-bond donors (Lipinski definition) is 1. The molecule has 2 heterocycles. The van der Waals surface area contributed by atoms with Crippen LogP contribution in [0.2, 0.25) is 0 Å². The van der Waals surface area contributed by atoms with E-state index in [4.69, 9.17) is 0 Å². The molecule has 8 aromatic carbocycles. The van der Waals surface area contributed by atoms with Crippen LogP contribution in [0.4, 0.5) is 28.4 Å². The van der Waals surface area contributed by atoms with Gasteiger partial charge in [-0.25, -0.2) is 0 Å². The molecule has 3 heteroatoms. The number of hydrogen-bond acceptors (Lipinski definition) is 2. The number of nitrogens with one attached hydrogen (secondary N) is 1. The largest absolute Gasteiger partial charge is 0.355 e. The first kappa shape index (κ1) is 39.0. The van der Waals surface area contributed by atoms with Crippen molar-refractivity contribution < 1.29 is 0 Å². The van der Waals surface area contributed by atoms with E-state index >= 15 is 0 Å². The summed E-state index contributed by atoms with van der Waals surface area (Å²) in [5.41, 5.74) is 25.1. The van der Waals surface area contributed by atoms with E-state index in [1.54, 1.807) is 0 Å². The van der Waals surface area contributed by atoms with Crippen LogP contribution in [0.25, 0.3) is 22.3 Å². The molecule has 4 aliphatic rings. The number of fused-ring (bicyclic) bond motifs is 8. The minimum atomic E-state index is -0.519. The monoisotopic (exact) mass is 825 g/mol. The summed E-state index contributed by atoms with van der Waals surface area (Å²) < 4.78 is 0. The van der Waals surface area contributed by atoms with E-state index in [0.29, 0.717) is 0 Å². The Kier molecular flexibility index (Phi) is 8.37. The predicted octanol–water partition coefficient (Wildman–Crippen LogP) is 14.2. The Hall–Kier alpha value is -6.58. The first-order valence-corrected chi connectivity index (χ1v) is 23.2. The van der Waals surface area contributed by atoms with Crippen molar-refractivity contribution in [3.05, 3.63) is 220 Å². The van der Waals surface area contributed by atoms with Crippen LogP contribution in [0.5, 0.6) is 0 Å². The topological polar surface area (TPSA) is 15.3 Å². The minimum absolute atomic E-state index is 0.104. The molecule has 0 unspecified atom stereocenters. The Morgan fingerprint density at radius 3 is 1.84 bits per heavy atom. The van der Waals surface area contributed by atoms with Gasteiger partial charge in [0.2, 0.25) is 0 Å². The number of anilines is 5. The van der Waals surface area contributed by atoms with E-state index in [-0.39, 0.29) is 16.2 Å². The molecule has 0 saturated heterocycles. The summed E-state index contributed by atoms with van der Waals surface area (Å²) in [5, 5.41) is 4.11. The zero-order valence-corrected chi connectivity index (χ0v) is 38.1. The summed E-state index contributed by atoms with van der Waals surface area (Å²) in [6, 6.07) is 64.4. The van der Waals surface area contributed by atoms with Crippen molar-refractivity contribution in [2.75, 3.05) is 10.2 Å². The van der Waals surface area contributed by atoms with Crippen molar-refractivity contribution >= 4 is 46.6 Å². The third kappa shape index (κ3) is 5.46. The summed E-state index contributed by atoms with van der Waals surface area (Å²) >= 11 is 0. The highest BCUT2D eigenvalue weighted by Gasteiger charge is 2.49. The third-order valence-electron chi connectivity index (χ3n) is 15.6. The fraction of sp³-hybridized carbons (Fsp3) is 0.213. The van der Waals surface area contributed by atoms with Crippen molar-refractivity contribution in [1.29, 1.82) is 0 Å². The molecule has 2 aliphatic heterocycles. The van der Waals surface area contributed by atoms with Gasteiger partial charge < -0.3 is 10.2 Å². The van der Waals surface area contributed by atoms with Gasteiger partial charge in [0.25, 0.3) is 0 Å². The van der Waals surface area contributed by atoms with Crippen molar-refractivity contribution in [2.45, 2.75) is 83.0 Å². The maximum Gasteiger partial charge on any atom is 0.197 e. The predicted molar refractivity (Wildman–Crippen MR) is 271 cm³/mol. The molecule has 12 rings (SSSR count). The smallest absolute Gasteiger partial charge is 0.197 e. The lowest BCUT2D eigenvalue weighted by molar-refractivity contribution is 0.332. The van der Waals surface area contributed by atoms with Crippen molar-refractivity contribution in [2.24, 2.45) is 0 Å². The SMILES string of the molecule is Cc1cc(-c2cc3c(cc2Nc2ccc4c(c2)C(C)(C)CCC4(C)C)C(C)(C)c2ccccc2-3)c2c(c1)N1c3ccccc3C(c3ccccc3)(c3ccccc3)c3cccc(c31)[B]2. The van der Waals surface area contributed by atoms with Crippen LogP contribution in [0.15, 0.2) is 170 Å². The van der Waals surface area contributed by atoms with E-state index in [2.05, 4.69) is 236 Å². The van der Waals surface area contributed by atoms with Gasteiger partial charge >= 0.3 is 0 Å². The highest BCUT2D eigenvalue weighted by atomic mass is 15.2. The summed E-state index contributed by atoms with van der Waals surface area (Å²) in [4.78, 5) is 2.59. The summed E-state index contributed by atoms with van der Waals surface area (Å²) in [6.45, 7) is 16.7. The number of nitrogens with zero attached hydrogens (tertiary/aromatic N) is 1. The van der Waals surface area contributed by atoms with Crippen LogP contribution < -0.4 is 21.1 Å². The molecular formula is C61H54BN2. The molecule has 2 nitrogen and oxygen atoms in total. The molecule has 8 aromatic rings. The second-order valence-corrected chi connectivity index (χ2v) is 20.7. The van der Waals surface area contributed by atoms with E-state index in [1.807, 2.05) is 0 Å². The average Bonchev–Trinajstić information content (AvgIpc) is 3.53. The molecule has 1 N–H and O–H groups in total. The van der Waals surface area contributed by atoms with E-state index < -0.39 is 5.41 Å². The molecule has 0 spiro atoms. The highest BCUT2D eigenvalue weighted by Crippen LogP contribution is 2.58. The lowest BCUT2D eigenvalue weighted by atomic mass is 9.54. The van der Waals surface area contributed by atoms with E-state index in [0.717, 1.165) is 11.4 Å². The molecule has 0 bridgehead atoms. The van der Waals surface area contributed by atoms with Crippen molar-refractivity contribution in [3.8, 4) is 22.3 Å². The van der Waals surface area contributed by atoms with Crippen LogP contribution in [0.3, 0.4) is 0 Å². The Morgan fingerprint density at radius 2 is 1.11 bits per heavy atom. The van der Waals surface area contributed by atoms with Gasteiger partial charge in [-0.2, -0.15) is 0 Å². The second kappa shape index (κ2) is 13.7. The quantitative estimate of drug-likeness (QED) is 0.174. The molecular weight excluding hydrogens is 771 g/mol. The van der Waals surface area contributed by atoms with Gasteiger partial charge in [-0.3, -0.25) is 0 Å². The molecule has 0 fully saturated rings.